The number of nitrogens with zero attached hydrogens (tertiary/aromatic N) is 5. The first-order valence-electron chi connectivity index (χ1n) is 8.11. The predicted molar refractivity (Wildman–Crippen MR) is 94.9 cm³/mol. The second-order valence-corrected chi connectivity index (χ2v) is 7.23. The lowest BCUT2D eigenvalue weighted by Crippen LogP contribution is -1.99. The Morgan fingerprint density at radius 3 is 2.76 bits per heavy atom. The lowest BCUT2D eigenvalue weighted by atomic mass is 9.97. The summed E-state index contributed by atoms with van der Waals surface area (Å²) in [6.07, 6.45) is 6.31. The molecule has 0 atom stereocenters. The minimum atomic E-state index is -0.411. The Morgan fingerprint density at radius 1 is 1.16 bits per heavy atom. The lowest BCUT2D eigenvalue weighted by Gasteiger charge is -2.09. The predicted octanol–water partition coefficient (Wildman–Crippen LogP) is 3.79. The zero-order valence-corrected chi connectivity index (χ0v) is 14.0. The highest BCUT2D eigenvalue weighted by molar-refractivity contribution is 7.19. The van der Waals surface area contributed by atoms with E-state index in [1.807, 2.05) is 0 Å². The summed E-state index contributed by atoms with van der Waals surface area (Å²) in [6, 6.07) is 6.31. The van der Waals surface area contributed by atoms with Crippen molar-refractivity contribution in [3.8, 4) is 11.4 Å². The molecular weight excluding hydrogens is 338 g/mol. The highest BCUT2D eigenvalue weighted by Crippen LogP contribution is 2.37. The van der Waals surface area contributed by atoms with Crippen molar-refractivity contribution in [3.63, 3.8) is 0 Å². The van der Waals surface area contributed by atoms with E-state index in [2.05, 4.69) is 10.1 Å². The van der Waals surface area contributed by atoms with Gasteiger partial charge in [0, 0.05) is 22.6 Å². The van der Waals surface area contributed by atoms with E-state index in [0.29, 0.717) is 5.82 Å². The minimum Gasteiger partial charge on any atom is -0.258 e. The molecular formula is C17H13N5O2S. The van der Waals surface area contributed by atoms with Gasteiger partial charge in [-0.15, -0.1) is 16.4 Å². The summed E-state index contributed by atoms with van der Waals surface area (Å²) in [7, 11) is 0. The summed E-state index contributed by atoms with van der Waals surface area (Å²) in [5.74, 6) is 0.556. The Labute approximate surface area is 146 Å². The molecule has 0 bridgehead atoms. The quantitative estimate of drug-likeness (QED) is 0.405. The normalized spacial score (nSPS) is 14.1. The number of aryl methyl sites for hydroxylation is 2. The third-order valence-electron chi connectivity index (χ3n) is 4.63. The van der Waals surface area contributed by atoms with Gasteiger partial charge in [-0.1, -0.05) is 0 Å². The van der Waals surface area contributed by atoms with Gasteiger partial charge in [-0.05, 0) is 43.4 Å². The molecule has 0 aliphatic heterocycles. The van der Waals surface area contributed by atoms with Gasteiger partial charge in [0.15, 0.2) is 11.5 Å². The van der Waals surface area contributed by atoms with Crippen molar-refractivity contribution in [3.05, 3.63) is 51.1 Å². The van der Waals surface area contributed by atoms with Gasteiger partial charge >= 0.3 is 0 Å². The van der Waals surface area contributed by atoms with Crippen LogP contribution in [0.1, 0.15) is 23.3 Å². The van der Waals surface area contributed by atoms with Crippen LogP contribution in [0.3, 0.4) is 0 Å². The van der Waals surface area contributed by atoms with Crippen LogP contribution < -0.4 is 0 Å². The van der Waals surface area contributed by atoms with Crippen molar-refractivity contribution in [2.24, 2.45) is 0 Å². The number of thiophene rings is 1. The van der Waals surface area contributed by atoms with Crippen LogP contribution in [-0.2, 0) is 12.8 Å². The van der Waals surface area contributed by atoms with Crippen molar-refractivity contribution in [2.75, 3.05) is 0 Å². The van der Waals surface area contributed by atoms with E-state index in [-0.39, 0.29) is 5.69 Å². The van der Waals surface area contributed by atoms with E-state index in [0.717, 1.165) is 34.3 Å². The molecule has 8 heteroatoms. The van der Waals surface area contributed by atoms with Crippen LogP contribution in [0.25, 0.3) is 27.3 Å². The molecule has 3 aromatic heterocycles. The topological polar surface area (TPSA) is 86.2 Å². The molecule has 0 radical (unpaired) electrons. The summed E-state index contributed by atoms with van der Waals surface area (Å²) in [5, 5.41) is 16.4. The second kappa shape index (κ2) is 5.32. The highest BCUT2D eigenvalue weighted by atomic mass is 32.1. The molecule has 0 saturated carbocycles. The van der Waals surface area contributed by atoms with Crippen LogP contribution in [0.2, 0.25) is 0 Å². The number of non-ortho nitro benzene ring substituents is 1. The fourth-order valence-corrected chi connectivity index (χ4v) is 4.63. The van der Waals surface area contributed by atoms with Crippen LogP contribution in [0.15, 0.2) is 30.6 Å². The molecule has 1 aromatic carbocycles. The molecule has 0 spiro atoms. The first kappa shape index (κ1) is 14.5. The van der Waals surface area contributed by atoms with E-state index < -0.39 is 4.92 Å². The van der Waals surface area contributed by atoms with Gasteiger partial charge in [-0.25, -0.2) is 14.5 Å². The Morgan fingerprint density at radius 2 is 1.96 bits per heavy atom. The number of aromatic nitrogens is 4. The average molecular weight is 351 g/mol. The van der Waals surface area contributed by atoms with Gasteiger partial charge in [0.1, 0.15) is 11.2 Å². The molecule has 1 aliphatic carbocycles. The number of rotatable bonds is 2. The molecule has 0 unspecified atom stereocenters. The summed E-state index contributed by atoms with van der Waals surface area (Å²) >= 11 is 1.76. The summed E-state index contributed by atoms with van der Waals surface area (Å²) in [5.41, 5.74) is 3.00. The van der Waals surface area contributed by atoms with Gasteiger partial charge in [-0.2, -0.15) is 0 Å². The van der Waals surface area contributed by atoms with Crippen molar-refractivity contribution in [1.29, 1.82) is 0 Å². The third-order valence-corrected chi connectivity index (χ3v) is 5.83. The standard InChI is InChI=1S/C17H13N5O2S/c23-22(24)11-7-5-10(6-8-11)15-19-16-14-12-3-1-2-4-13(12)25-17(14)18-9-21(16)20-15/h5-9H,1-4H2. The maximum Gasteiger partial charge on any atom is 0.269 e. The maximum absolute atomic E-state index is 10.8. The molecule has 0 fully saturated rings. The smallest absolute Gasteiger partial charge is 0.258 e. The third kappa shape index (κ3) is 2.21. The van der Waals surface area contributed by atoms with E-state index >= 15 is 0 Å². The summed E-state index contributed by atoms with van der Waals surface area (Å²) in [4.78, 5) is 22.1. The maximum atomic E-state index is 10.8. The van der Waals surface area contributed by atoms with Crippen LogP contribution in [0, 0.1) is 10.1 Å². The largest absolute Gasteiger partial charge is 0.269 e. The van der Waals surface area contributed by atoms with Crippen molar-refractivity contribution in [2.45, 2.75) is 25.7 Å². The molecule has 4 aromatic rings. The number of nitro benzene ring substituents is 1. The van der Waals surface area contributed by atoms with Crippen LogP contribution in [0.5, 0.6) is 0 Å². The fraction of sp³-hybridized carbons (Fsp3) is 0.235. The molecule has 3 heterocycles. The number of benzene rings is 1. The average Bonchev–Trinajstić information content (AvgIpc) is 3.22. The fourth-order valence-electron chi connectivity index (χ4n) is 3.41. The molecule has 7 nitrogen and oxygen atoms in total. The Hall–Kier alpha value is -2.87. The van der Waals surface area contributed by atoms with E-state index in [1.54, 1.807) is 34.3 Å². The van der Waals surface area contributed by atoms with Crippen LogP contribution in [0.4, 0.5) is 5.69 Å². The first-order valence-corrected chi connectivity index (χ1v) is 8.93. The Kier molecular flexibility index (Phi) is 3.08. The summed E-state index contributed by atoms with van der Waals surface area (Å²) < 4.78 is 1.71. The monoisotopic (exact) mass is 351 g/mol. The number of nitro groups is 1. The molecule has 5 rings (SSSR count). The SMILES string of the molecule is O=[N+]([O-])c1ccc(-c2nc3c4c5c(sc4ncn3n2)CCCC5)cc1. The van der Waals surface area contributed by atoms with Gasteiger partial charge in [0.25, 0.3) is 5.69 Å². The highest BCUT2D eigenvalue weighted by Gasteiger charge is 2.21. The van der Waals surface area contributed by atoms with Gasteiger partial charge in [-0.3, -0.25) is 10.1 Å². The first-order chi connectivity index (χ1) is 12.2. The van der Waals surface area contributed by atoms with Crippen molar-refractivity contribution >= 4 is 32.9 Å². The minimum absolute atomic E-state index is 0.0588. The lowest BCUT2D eigenvalue weighted by molar-refractivity contribution is -0.384. The molecule has 0 N–H and O–H groups in total. The Bertz CT molecular complexity index is 1130. The molecule has 0 amide bonds. The van der Waals surface area contributed by atoms with Gasteiger partial charge in [0.05, 0.1) is 10.3 Å². The van der Waals surface area contributed by atoms with Crippen molar-refractivity contribution < 1.29 is 4.92 Å². The summed E-state index contributed by atoms with van der Waals surface area (Å²) in [6.45, 7) is 0. The second-order valence-electron chi connectivity index (χ2n) is 6.14. The number of hydrogen-bond acceptors (Lipinski definition) is 6. The molecule has 25 heavy (non-hydrogen) atoms. The van der Waals surface area contributed by atoms with Crippen LogP contribution >= 0.6 is 11.3 Å². The van der Waals surface area contributed by atoms with E-state index in [9.17, 15) is 10.1 Å². The zero-order valence-electron chi connectivity index (χ0n) is 13.2. The molecule has 0 saturated heterocycles. The van der Waals surface area contributed by atoms with E-state index in [1.165, 1.54) is 35.4 Å². The van der Waals surface area contributed by atoms with Crippen molar-refractivity contribution in [1.82, 2.24) is 19.6 Å². The molecule has 124 valence electrons. The van der Waals surface area contributed by atoms with Crippen LogP contribution in [-0.4, -0.2) is 24.5 Å². The molecule has 1 aliphatic rings. The Balaban J connectivity index is 1.69. The van der Waals surface area contributed by atoms with Gasteiger partial charge < -0.3 is 0 Å². The van der Waals surface area contributed by atoms with Gasteiger partial charge in [0.2, 0.25) is 0 Å². The number of fused-ring (bicyclic) bond motifs is 5. The van der Waals surface area contributed by atoms with E-state index in [4.69, 9.17) is 4.98 Å². The zero-order chi connectivity index (χ0) is 17.0. The number of hydrogen-bond donors (Lipinski definition) is 0.